The Morgan fingerprint density at radius 3 is 2.42 bits per heavy atom. The highest BCUT2D eigenvalue weighted by molar-refractivity contribution is 5.07. The van der Waals surface area contributed by atoms with E-state index in [1.807, 2.05) is 6.07 Å². The second kappa shape index (κ2) is 7.05. The summed E-state index contributed by atoms with van der Waals surface area (Å²) in [7, 11) is 3.48. The summed E-state index contributed by atoms with van der Waals surface area (Å²) in [6, 6.07) is 4.09. The molecule has 0 saturated carbocycles. The van der Waals surface area contributed by atoms with Gasteiger partial charge in [-0.15, -0.1) is 0 Å². The Kier molecular flexibility index (Phi) is 5.39. The molecule has 1 aliphatic rings. The van der Waals surface area contributed by atoms with Crippen LogP contribution in [0.15, 0.2) is 16.5 Å². The molecule has 0 bridgehead atoms. The third kappa shape index (κ3) is 3.79. The van der Waals surface area contributed by atoms with E-state index >= 15 is 0 Å². The van der Waals surface area contributed by atoms with Gasteiger partial charge in [0.25, 0.3) is 0 Å². The number of ether oxygens (including phenoxy) is 2. The molecule has 19 heavy (non-hydrogen) atoms. The first-order valence-corrected chi connectivity index (χ1v) is 6.83. The maximum atomic E-state index is 5.80. The van der Waals surface area contributed by atoms with Crippen LogP contribution in [-0.4, -0.2) is 51.0 Å². The van der Waals surface area contributed by atoms with Gasteiger partial charge in [-0.3, -0.25) is 4.90 Å². The summed E-state index contributed by atoms with van der Waals surface area (Å²) in [5.74, 6) is 1.99. The molecular formula is C14H24N2O3. The Morgan fingerprint density at radius 1 is 1.21 bits per heavy atom. The Labute approximate surface area is 114 Å². The van der Waals surface area contributed by atoms with Crippen molar-refractivity contribution < 1.29 is 13.9 Å². The summed E-state index contributed by atoms with van der Waals surface area (Å²) in [5.41, 5.74) is 0. The van der Waals surface area contributed by atoms with Gasteiger partial charge < -0.3 is 19.2 Å². The molecule has 5 heteroatoms. The Hall–Kier alpha value is -0.880. The molecule has 1 aromatic heterocycles. The van der Waals surface area contributed by atoms with Crippen molar-refractivity contribution in [2.24, 2.45) is 0 Å². The molecule has 2 rings (SSSR count). The molecule has 1 saturated heterocycles. The van der Waals surface area contributed by atoms with Gasteiger partial charge in [-0.2, -0.15) is 0 Å². The van der Waals surface area contributed by atoms with Crippen LogP contribution >= 0.6 is 0 Å². The van der Waals surface area contributed by atoms with Crippen LogP contribution in [-0.2, 0) is 22.6 Å². The molecule has 5 nitrogen and oxygen atoms in total. The maximum Gasteiger partial charge on any atom is 0.118 e. The molecule has 0 radical (unpaired) electrons. The summed E-state index contributed by atoms with van der Waals surface area (Å²) in [4.78, 5) is 2.30. The predicted octanol–water partition coefficient (Wildman–Crippen LogP) is 1.23. The van der Waals surface area contributed by atoms with Crippen LogP contribution in [0, 0.1) is 0 Å². The monoisotopic (exact) mass is 268 g/mol. The second-order valence-electron chi connectivity index (χ2n) is 4.89. The molecule has 0 aromatic carbocycles. The molecule has 0 amide bonds. The molecule has 1 N–H and O–H groups in total. The third-order valence-electron chi connectivity index (χ3n) is 3.54. The number of hydrogen-bond acceptors (Lipinski definition) is 5. The van der Waals surface area contributed by atoms with Gasteiger partial charge in [0.05, 0.1) is 25.3 Å². The van der Waals surface area contributed by atoms with Crippen molar-refractivity contribution >= 4 is 0 Å². The van der Waals surface area contributed by atoms with E-state index < -0.39 is 0 Å². The topological polar surface area (TPSA) is 46.9 Å². The summed E-state index contributed by atoms with van der Waals surface area (Å²) >= 11 is 0. The van der Waals surface area contributed by atoms with E-state index in [4.69, 9.17) is 13.9 Å². The Bertz CT molecular complexity index is 369. The highest BCUT2D eigenvalue weighted by Crippen LogP contribution is 2.19. The zero-order valence-electron chi connectivity index (χ0n) is 12.0. The molecule has 1 aromatic rings. The standard InChI is InChI=1S/C14H24N2O3/c1-4-15-7-11-5-6-12(19-11)8-16-9-13(17-2)14(10-16)18-3/h5-6,13-15H,4,7-10H2,1-3H3. The highest BCUT2D eigenvalue weighted by atomic mass is 16.5. The number of furan rings is 1. The molecule has 2 atom stereocenters. The normalized spacial score (nSPS) is 24.2. The highest BCUT2D eigenvalue weighted by Gasteiger charge is 2.33. The van der Waals surface area contributed by atoms with Crippen LogP contribution in [0.25, 0.3) is 0 Å². The van der Waals surface area contributed by atoms with Crippen molar-refractivity contribution in [2.75, 3.05) is 33.9 Å². The third-order valence-corrected chi connectivity index (χ3v) is 3.54. The minimum absolute atomic E-state index is 0.154. The summed E-state index contributed by atoms with van der Waals surface area (Å²) < 4.78 is 16.7. The van der Waals surface area contributed by atoms with E-state index in [-0.39, 0.29) is 12.2 Å². The zero-order valence-corrected chi connectivity index (χ0v) is 12.0. The first-order valence-electron chi connectivity index (χ1n) is 6.83. The van der Waals surface area contributed by atoms with Crippen LogP contribution in [0.4, 0.5) is 0 Å². The molecule has 0 spiro atoms. The number of likely N-dealkylation sites (tertiary alicyclic amines) is 1. The lowest BCUT2D eigenvalue weighted by atomic mass is 10.3. The minimum atomic E-state index is 0.154. The first-order chi connectivity index (χ1) is 9.26. The van der Waals surface area contributed by atoms with E-state index in [2.05, 4.69) is 23.2 Å². The van der Waals surface area contributed by atoms with Crippen LogP contribution in [0.1, 0.15) is 18.4 Å². The van der Waals surface area contributed by atoms with Crippen LogP contribution in [0.2, 0.25) is 0 Å². The predicted molar refractivity (Wildman–Crippen MR) is 73.0 cm³/mol. The second-order valence-corrected chi connectivity index (χ2v) is 4.89. The smallest absolute Gasteiger partial charge is 0.118 e. The van der Waals surface area contributed by atoms with Crippen LogP contribution in [0.3, 0.4) is 0 Å². The van der Waals surface area contributed by atoms with Gasteiger partial charge in [0.15, 0.2) is 0 Å². The quantitative estimate of drug-likeness (QED) is 0.806. The van der Waals surface area contributed by atoms with E-state index in [0.29, 0.717) is 0 Å². The van der Waals surface area contributed by atoms with Crippen LogP contribution in [0.5, 0.6) is 0 Å². The van der Waals surface area contributed by atoms with Crippen LogP contribution < -0.4 is 5.32 Å². The molecule has 2 heterocycles. The van der Waals surface area contributed by atoms with Gasteiger partial charge in [-0.05, 0) is 18.7 Å². The molecule has 0 aliphatic carbocycles. The minimum Gasteiger partial charge on any atom is -0.463 e. The average Bonchev–Trinajstić information content (AvgIpc) is 3.03. The summed E-state index contributed by atoms with van der Waals surface area (Å²) in [6.45, 7) is 6.41. The average molecular weight is 268 g/mol. The van der Waals surface area contributed by atoms with E-state index in [9.17, 15) is 0 Å². The van der Waals surface area contributed by atoms with Gasteiger partial charge in [0, 0.05) is 27.3 Å². The molecular weight excluding hydrogens is 244 g/mol. The van der Waals surface area contributed by atoms with Gasteiger partial charge in [-0.1, -0.05) is 6.92 Å². The Morgan fingerprint density at radius 2 is 1.84 bits per heavy atom. The number of nitrogens with one attached hydrogen (secondary N) is 1. The lowest BCUT2D eigenvalue weighted by Crippen LogP contribution is -2.27. The van der Waals surface area contributed by atoms with E-state index in [1.165, 1.54) is 0 Å². The van der Waals surface area contributed by atoms with E-state index in [1.54, 1.807) is 14.2 Å². The largest absolute Gasteiger partial charge is 0.463 e. The van der Waals surface area contributed by atoms with Crippen molar-refractivity contribution in [3.05, 3.63) is 23.7 Å². The van der Waals surface area contributed by atoms with Crippen molar-refractivity contribution in [1.29, 1.82) is 0 Å². The molecule has 1 fully saturated rings. The molecule has 1 aliphatic heterocycles. The number of rotatable bonds is 7. The van der Waals surface area contributed by atoms with Crippen molar-refractivity contribution in [3.63, 3.8) is 0 Å². The van der Waals surface area contributed by atoms with Crippen molar-refractivity contribution in [2.45, 2.75) is 32.2 Å². The Balaban J connectivity index is 1.86. The van der Waals surface area contributed by atoms with Gasteiger partial charge >= 0.3 is 0 Å². The van der Waals surface area contributed by atoms with Crippen molar-refractivity contribution in [3.8, 4) is 0 Å². The summed E-state index contributed by atoms with van der Waals surface area (Å²) in [6.07, 6.45) is 0.308. The lowest BCUT2D eigenvalue weighted by molar-refractivity contribution is -0.00461. The maximum absolute atomic E-state index is 5.80. The molecule has 2 unspecified atom stereocenters. The fourth-order valence-corrected chi connectivity index (χ4v) is 2.47. The fraction of sp³-hybridized carbons (Fsp3) is 0.714. The fourth-order valence-electron chi connectivity index (χ4n) is 2.47. The lowest BCUT2D eigenvalue weighted by Gasteiger charge is -2.13. The zero-order chi connectivity index (χ0) is 13.7. The SMILES string of the molecule is CCNCc1ccc(CN2CC(OC)C(OC)C2)o1. The first kappa shape index (κ1) is 14.5. The number of hydrogen-bond donors (Lipinski definition) is 1. The van der Waals surface area contributed by atoms with Gasteiger partial charge in [0.1, 0.15) is 11.5 Å². The number of methoxy groups -OCH3 is 2. The van der Waals surface area contributed by atoms with Gasteiger partial charge in [-0.25, -0.2) is 0 Å². The van der Waals surface area contributed by atoms with Gasteiger partial charge in [0.2, 0.25) is 0 Å². The molecule has 108 valence electrons. The number of nitrogens with zero attached hydrogens (tertiary/aromatic N) is 1. The van der Waals surface area contributed by atoms with E-state index in [0.717, 1.165) is 44.2 Å². The van der Waals surface area contributed by atoms with Crippen molar-refractivity contribution in [1.82, 2.24) is 10.2 Å². The summed E-state index contributed by atoms with van der Waals surface area (Å²) in [5, 5.41) is 3.26.